The topological polar surface area (TPSA) is 62.7 Å². The summed E-state index contributed by atoms with van der Waals surface area (Å²) in [7, 11) is 1.79. The van der Waals surface area contributed by atoms with Crippen LogP contribution in [0.2, 0.25) is 0 Å². The Morgan fingerprint density at radius 3 is 2.82 bits per heavy atom. The normalized spacial score (nSPS) is 16.9. The zero-order valence-electron chi connectivity index (χ0n) is 10.3. The number of furan rings is 1. The lowest BCUT2D eigenvalue weighted by Crippen LogP contribution is -2.57. The van der Waals surface area contributed by atoms with E-state index >= 15 is 0 Å². The smallest absolute Gasteiger partial charge is 0.236 e. The van der Waals surface area contributed by atoms with Crippen molar-refractivity contribution in [2.75, 3.05) is 26.7 Å². The summed E-state index contributed by atoms with van der Waals surface area (Å²) in [6.07, 6.45) is 0. The third kappa shape index (κ3) is 3.08. The van der Waals surface area contributed by atoms with Gasteiger partial charge in [0.25, 0.3) is 0 Å². The van der Waals surface area contributed by atoms with Crippen LogP contribution in [0.15, 0.2) is 16.5 Å². The minimum absolute atomic E-state index is 0.103. The number of nitrogens with zero attached hydrogens (tertiary/aromatic N) is 2. The van der Waals surface area contributed by atoms with Crippen LogP contribution < -0.4 is 5.73 Å². The van der Waals surface area contributed by atoms with Gasteiger partial charge in [0.15, 0.2) is 0 Å². The molecule has 1 saturated heterocycles. The van der Waals surface area contributed by atoms with Gasteiger partial charge in [-0.15, -0.1) is 0 Å². The number of carbonyl (C=O) groups is 1. The van der Waals surface area contributed by atoms with E-state index in [1.165, 1.54) is 0 Å². The maximum absolute atomic E-state index is 11.9. The predicted octanol–water partition coefficient (Wildman–Crippen LogP) is 0.189. The monoisotopic (exact) mass is 237 g/mol. The Morgan fingerprint density at radius 1 is 1.59 bits per heavy atom. The van der Waals surface area contributed by atoms with Gasteiger partial charge in [0, 0.05) is 26.2 Å². The van der Waals surface area contributed by atoms with Crippen molar-refractivity contribution in [2.24, 2.45) is 5.73 Å². The number of carbonyl (C=O) groups excluding carboxylic acids is 1. The van der Waals surface area contributed by atoms with Gasteiger partial charge in [-0.1, -0.05) is 0 Å². The van der Waals surface area contributed by atoms with Crippen molar-refractivity contribution in [1.29, 1.82) is 0 Å². The van der Waals surface area contributed by atoms with E-state index in [4.69, 9.17) is 10.2 Å². The number of hydrogen-bond donors (Lipinski definition) is 1. The molecule has 0 spiro atoms. The summed E-state index contributed by atoms with van der Waals surface area (Å²) in [4.78, 5) is 15.6. The highest BCUT2D eigenvalue weighted by Gasteiger charge is 2.25. The Balaban J connectivity index is 1.79. The highest BCUT2D eigenvalue weighted by Crippen LogP contribution is 2.10. The predicted molar refractivity (Wildman–Crippen MR) is 64.3 cm³/mol. The zero-order chi connectivity index (χ0) is 12.4. The molecule has 0 aromatic carbocycles. The number of likely N-dealkylation sites (N-methyl/N-ethyl adjacent to an activating group) is 1. The Morgan fingerprint density at radius 2 is 2.29 bits per heavy atom. The van der Waals surface area contributed by atoms with Gasteiger partial charge in [0.05, 0.1) is 13.1 Å². The molecule has 0 unspecified atom stereocenters. The first-order valence-corrected chi connectivity index (χ1v) is 5.82. The second-order valence-corrected chi connectivity index (χ2v) is 4.72. The van der Waals surface area contributed by atoms with E-state index in [-0.39, 0.29) is 11.9 Å². The van der Waals surface area contributed by atoms with Crippen LogP contribution in [0.1, 0.15) is 11.5 Å². The van der Waals surface area contributed by atoms with Crippen LogP contribution in [0.5, 0.6) is 0 Å². The lowest BCUT2D eigenvalue weighted by atomic mass is 10.1. The summed E-state index contributed by atoms with van der Waals surface area (Å²) >= 11 is 0. The van der Waals surface area contributed by atoms with Crippen LogP contribution in [-0.2, 0) is 11.3 Å². The molecule has 5 heteroatoms. The second kappa shape index (κ2) is 4.89. The van der Waals surface area contributed by atoms with Gasteiger partial charge in [0.2, 0.25) is 5.91 Å². The van der Waals surface area contributed by atoms with Crippen molar-refractivity contribution < 1.29 is 9.21 Å². The third-order valence-corrected chi connectivity index (χ3v) is 2.96. The van der Waals surface area contributed by atoms with E-state index in [1.54, 1.807) is 11.9 Å². The molecule has 0 atom stereocenters. The molecule has 0 aliphatic carbocycles. The molecule has 5 nitrogen and oxygen atoms in total. The van der Waals surface area contributed by atoms with E-state index in [0.717, 1.165) is 24.6 Å². The van der Waals surface area contributed by atoms with Crippen molar-refractivity contribution >= 4 is 5.91 Å². The molecule has 1 aromatic rings. The van der Waals surface area contributed by atoms with Gasteiger partial charge >= 0.3 is 0 Å². The molecule has 1 fully saturated rings. The Bertz CT molecular complexity index is 396. The second-order valence-electron chi connectivity index (χ2n) is 4.72. The van der Waals surface area contributed by atoms with E-state index in [2.05, 4.69) is 4.90 Å². The molecule has 17 heavy (non-hydrogen) atoms. The number of likely N-dealkylation sites (tertiary alicyclic amines) is 1. The molecule has 1 aliphatic heterocycles. The van der Waals surface area contributed by atoms with Crippen LogP contribution in [0.25, 0.3) is 0 Å². The quantitative estimate of drug-likeness (QED) is 0.812. The Kier molecular flexibility index (Phi) is 3.49. The Hall–Kier alpha value is -1.33. The summed E-state index contributed by atoms with van der Waals surface area (Å²) in [5.74, 6) is 1.79. The lowest BCUT2D eigenvalue weighted by molar-refractivity contribution is -0.132. The SMILES string of the molecule is Cc1ccc(CN(C)C(=O)CN2CC(N)C2)o1. The Labute approximate surface area is 101 Å². The van der Waals surface area contributed by atoms with Crippen LogP contribution in [0.4, 0.5) is 0 Å². The fourth-order valence-corrected chi connectivity index (χ4v) is 1.94. The van der Waals surface area contributed by atoms with Crippen LogP contribution >= 0.6 is 0 Å². The van der Waals surface area contributed by atoms with Crippen LogP contribution in [0, 0.1) is 6.92 Å². The van der Waals surface area contributed by atoms with Gasteiger partial charge in [-0.25, -0.2) is 0 Å². The molecule has 2 heterocycles. The van der Waals surface area contributed by atoms with Crippen molar-refractivity contribution in [3.8, 4) is 0 Å². The first-order valence-electron chi connectivity index (χ1n) is 5.82. The summed E-state index contributed by atoms with van der Waals surface area (Å²) in [6, 6.07) is 4.04. The standard InChI is InChI=1S/C12H19N3O2/c1-9-3-4-11(17-9)7-14(2)12(16)8-15-5-10(13)6-15/h3-4,10H,5-8,13H2,1-2H3. The maximum Gasteiger partial charge on any atom is 0.236 e. The van der Waals surface area contributed by atoms with E-state index < -0.39 is 0 Å². The largest absolute Gasteiger partial charge is 0.464 e. The number of aryl methyl sites for hydroxylation is 1. The number of amides is 1. The maximum atomic E-state index is 11.9. The molecular formula is C12H19N3O2. The highest BCUT2D eigenvalue weighted by molar-refractivity contribution is 5.78. The van der Waals surface area contributed by atoms with Gasteiger partial charge in [-0.2, -0.15) is 0 Å². The number of hydrogen-bond acceptors (Lipinski definition) is 4. The minimum atomic E-state index is 0.103. The molecule has 1 amide bonds. The van der Waals surface area contributed by atoms with Crippen molar-refractivity contribution in [3.05, 3.63) is 23.7 Å². The average Bonchev–Trinajstić information content (AvgIpc) is 2.61. The summed E-state index contributed by atoms with van der Waals surface area (Å²) in [5, 5.41) is 0. The number of nitrogens with two attached hydrogens (primary N) is 1. The molecular weight excluding hydrogens is 218 g/mol. The van der Waals surface area contributed by atoms with E-state index in [1.807, 2.05) is 19.1 Å². The van der Waals surface area contributed by atoms with Gasteiger partial charge in [-0.3, -0.25) is 9.69 Å². The van der Waals surface area contributed by atoms with Crippen LogP contribution in [-0.4, -0.2) is 48.4 Å². The van der Waals surface area contributed by atoms with Crippen LogP contribution in [0.3, 0.4) is 0 Å². The fourth-order valence-electron chi connectivity index (χ4n) is 1.94. The van der Waals surface area contributed by atoms with Crippen molar-refractivity contribution in [3.63, 3.8) is 0 Å². The van der Waals surface area contributed by atoms with E-state index in [9.17, 15) is 4.79 Å². The van der Waals surface area contributed by atoms with Gasteiger partial charge in [-0.05, 0) is 19.1 Å². The molecule has 0 bridgehead atoms. The molecule has 2 N–H and O–H groups in total. The lowest BCUT2D eigenvalue weighted by Gasteiger charge is -2.36. The molecule has 0 saturated carbocycles. The fraction of sp³-hybridized carbons (Fsp3) is 0.583. The summed E-state index contributed by atoms with van der Waals surface area (Å²) in [6.45, 7) is 4.50. The molecule has 94 valence electrons. The van der Waals surface area contributed by atoms with Gasteiger partial charge < -0.3 is 15.1 Å². The average molecular weight is 237 g/mol. The summed E-state index contributed by atoms with van der Waals surface area (Å²) < 4.78 is 5.44. The zero-order valence-corrected chi connectivity index (χ0v) is 10.3. The first kappa shape index (κ1) is 12.1. The third-order valence-electron chi connectivity index (χ3n) is 2.96. The summed E-state index contributed by atoms with van der Waals surface area (Å²) in [5.41, 5.74) is 5.67. The first-order chi connectivity index (χ1) is 8.04. The molecule has 1 aliphatic rings. The molecule has 0 radical (unpaired) electrons. The molecule has 1 aromatic heterocycles. The van der Waals surface area contributed by atoms with Crippen molar-refractivity contribution in [1.82, 2.24) is 9.80 Å². The van der Waals surface area contributed by atoms with Gasteiger partial charge in [0.1, 0.15) is 11.5 Å². The number of rotatable bonds is 4. The van der Waals surface area contributed by atoms with Crippen molar-refractivity contribution in [2.45, 2.75) is 19.5 Å². The highest BCUT2D eigenvalue weighted by atomic mass is 16.3. The minimum Gasteiger partial charge on any atom is -0.464 e. The molecule has 2 rings (SSSR count). The van der Waals surface area contributed by atoms with E-state index in [0.29, 0.717) is 13.1 Å².